The van der Waals surface area contributed by atoms with Gasteiger partial charge >= 0.3 is 5.97 Å². The van der Waals surface area contributed by atoms with Crippen molar-refractivity contribution in [2.24, 2.45) is 0 Å². The molecule has 0 atom stereocenters. The van der Waals surface area contributed by atoms with Gasteiger partial charge in [0.2, 0.25) is 0 Å². The molecule has 1 heterocycles. The van der Waals surface area contributed by atoms with Gasteiger partial charge in [0, 0.05) is 11.8 Å². The van der Waals surface area contributed by atoms with Crippen molar-refractivity contribution in [3.05, 3.63) is 47.5 Å². The van der Waals surface area contributed by atoms with E-state index in [2.05, 4.69) is 9.97 Å². The van der Waals surface area contributed by atoms with Gasteiger partial charge in [0.05, 0.1) is 0 Å². The van der Waals surface area contributed by atoms with Crippen molar-refractivity contribution in [3.63, 3.8) is 0 Å². The summed E-state index contributed by atoms with van der Waals surface area (Å²) in [5.74, 6) is -2.10. The molecule has 0 fully saturated rings. The van der Waals surface area contributed by atoms with Gasteiger partial charge in [-0.05, 0) is 24.3 Å². The zero-order valence-electron chi connectivity index (χ0n) is 9.35. The Bertz CT molecular complexity index is 615. The maximum absolute atomic E-state index is 12.7. The average Bonchev–Trinajstić information content (AvgIpc) is 2.38. The van der Waals surface area contributed by atoms with Crippen LogP contribution in [0.15, 0.2) is 30.5 Å². The number of aromatic nitrogens is 2. The van der Waals surface area contributed by atoms with Crippen LogP contribution in [0.5, 0.6) is 0 Å². The first-order valence-corrected chi connectivity index (χ1v) is 5.13. The average molecular weight is 268 g/mol. The summed E-state index contributed by atoms with van der Waals surface area (Å²) in [5.41, 5.74) is -1.19. The zero-order chi connectivity index (χ0) is 14.0. The fraction of sp³-hybridized carbons (Fsp3) is 0.0833. The predicted molar refractivity (Wildman–Crippen MR) is 59.3 cm³/mol. The first-order chi connectivity index (χ1) is 8.99. The van der Waals surface area contributed by atoms with Crippen LogP contribution in [0, 0.1) is 5.82 Å². The number of carboxylic acid groups (broad SMARTS) is 1. The number of rotatable bonds is 3. The highest BCUT2D eigenvalue weighted by molar-refractivity contribution is 5.88. The molecule has 0 bridgehead atoms. The Balaban J connectivity index is 2.52. The van der Waals surface area contributed by atoms with Crippen molar-refractivity contribution in [2.45, 2.75) is 6.43 Å². The Morgan fingerprint density at radius 2 is 1.84 bits per heavy atom. The number of carbonyl (C=O) groups is 1. The fourth-order valence-corrected chi connectivity index (χ4v) is 1.46. The molecule has 0 radical (unpaired) electrons. The monoisotopic (exact) mass is 268 g/mol. The Hall–Kier alpha value is -2.44. The lowest BCUT2D eigenvalue weighted by Gasteiger charge is -2.06. The lowest BCUT2D eigenvalue weighted by atomic mass is 10.2. The first-order valence-electron chi connectivity index (χ1n) is 5.13. The molecule has 98 valence electrons. The molecule has 4 nitrogen and oxygen atoms in total. The summed E-state index contributed by atoms with van der Waals surface area (Å²) < 4.78 is 38.2. The Kier molecular flexibility index (Phi) is 3.46. The normalized spacial score (nSPS) is 10.7. The van der Waals surface area contributed by atoms with Crippen LogP contribution in [0.2, 0.25) is 0 Å². The summed E-state index contributed by atoms with van der Waals surface area (Å²) in [6.07, 6.45) is -2.22. The lowest BCUT2D eigenvalue weighted by molar-refractivity contribution is 0.0681. The third-order valence-electron chi connectivity index (χ3n) is 2.36. The van der Waals surface area contributed by atoms with Crippen molar-refractivity contribution in [1.82, 2.24) is 9.97 Å². The molecule has 19 heavy (non-hydrogen) atoms. The molecule has 1 aromatic carbocycles. The zero-order valence-corrected chi connectivity index (χ0v) is 9.35. The second kappa shape index (κ2) is 5.05. The van der Waals surface area contributed by atoms with E-state index in [1.54, 1.807) is 0 Å². The van der Waals surface area contributed by atoms with Crippen molar-refractivity contribution >= 4 is 5.97 Å². The van der Waals surface area contributed by atoms with Crippen LogP contribution in [0.1, 0.15) is 22.5 Å². The van der Waals surface area contributed by atoms with E-state index in [0.29, 0.717) is 5.56 Å². The molecule has 0 saturated heterocycles. The molecule has 1 aromatic heterocycles. The smallest absolute Gasteiger partial charge is 0.339 e. The quantitative estimate of drug-likeness (QED) is 0.929. The van der Waals surface area contributed by atoms with Gasteiger partial charge in [-0.15, -0.1) is 0 Å². The molecule has 0 amide bonds. The molecule has 0 aliphatic carbocycles. The van der Waals surface area contributed by atoms with Crippen molar-refractivity contribution < 1.29 is 23.1 Å². The van der Waals surface area contributed by atoms with E-state index in [9.17, 15) is 18.0 Å². The van der Waals surface area contributed by atoms with Gasteiger partial charge in [-0.3, -0.25) is 0 Å². The molecule has 7 heteroatoms. The van der Waals surface area contributed by atoms with E-state index in [1.165, 1.54) is 12.1 Å². The van der Waals surface area contributed by atoms with Gasteiger partial charge in [0.1, 0.15) is 17.1 Å². The maximum Gasteiger partial charge on any atom is 0.339 e. The van der Waals surface area contributed by atoms with Crippen LogP contribution >= 0.6 is 0 Å². The second-order valence-corrected chi connectivity index (χ2v) is 3.61. The van der Waals surface area contributed by atoms with E-state index >= 15 is 0 Å². The Morgan fingerprint density at radius 1 is 1.21 bits per heavy atom. The minimum atomic E-state index is -3.03. The summed E-state index contributed by atoms with van der Waals surface area (Å²) in [4.78, 5) is 18.0. The second-order valence-electron chi connectivity index (χ2n) is 3.61. The van der Waals surface area contributed by atoms with Crippen LogP contribution in [0.3, 0.4) is 0 Å². The van der Waals surface area contributed by atoms with Gasteiger partial charge in [-0.25, -0.2) is 27.9 Å². The highest BCUT2D eigenvalue weighted by Crippen LogP contribution is 2.23. The van der Waals surface area contributed by atoms with E-state index in [1.807, 2.05) is 0 Å². The molecular weight excluding hydrogens is 261 g/mol. The largest absolute Gasteiger partial charge is 0.478 e. The molecule has 0 unspecified atom stereocenters. The number of alkyl halides is 2. The number of nitrogens with zero attached hydrogens (tertiary/aromatic N) is 2. The van der Waals surface area contributed by atoms with Crippen LogP contribution in [-0.4, -0.2) is 21.0 Å². The highest BCUT2D eigenvalue weighted by Gasteiger charge is 2.21. The number of benzene rings is 1. The molecule has 0 aliphatic heterocycles. The first kappa shape index (κ1) is 13.0. The SMILES string of the molecule is O=C(O)c1cnc(-c2ccc(F)cc2)nc1C(F)F. The van der Waals surface area contributed by atoms with Gasteiger partial charge < -0.3 is 5.11 Å². The standard InChI is InChI=1S/C12H7F3N2O2/c13-7-3-1-6(2-4-7)11-16-5-8(12(18)19)9(17-11)10(14)15/h1-5,10H,(H,18,19). The lowest BCUT2D eigenvalue weighted by Crippen LogP contribution is -2.07. The summed E-state index contributed by atoms with van der Waals surface area (Å²) in [6, 6.07) is 4.90. The molecule has 1 N–H and O–H groups in total. The molecule has 2 aromatic rings. The highest BCUT2D eigenvalue weighted by atomic mass is 19.3. The van der Waals surface area contributed by atoms with E-state index in [4.69, 9.17) is 5.11 Å². The number of aromatic carboxylic acids is 1. The number of halogens is 3. The number of carboxylic acids is 1. The fourth-order valence-electron chi connectivity index (χ4n) is 1.46. The van der Waals surface area contributed by atoms with Crippen molar-refractivity contribution in [1.29, 1.82) is 0 Å². The predicted octanol–water partition coefficient (Wildman–Crippen LogP) is 2.92. The molecular formula is C12H7F3N2O2. The topological polar surface area (TPSA) is 63.1 Å². The van der Waals surface area contributed by atoms with E-state index in [-0.39, 0.29) is 5.82 Å². The summed E-state index contributed by atoms with van der Waals surface area (Å²) in [6.45, 7) is 0. The molecule has 0 aliphatic rings. The van der Waals surface area contributed by atoms with Crippen molar-refractivity contribution in [3.8, 4) is 11.4 Å². The van der Waals surface area contributed by atoms with Gasteiger partial charge in [-0.2, -0.15) is 0 Å². The maximum atomic E-state index is 12.7. The summed E-state index contributed by atoms with van der Waals surface area (Å²) >= 11 is 0. The molecule has 0 spiro atoms. The van der Waals surface area contributed by atoms with Crippen LogP contribution in [0.25, 0.3) is 11.4 Å². The van der Waals surface area contributed by atoms with E-state index in [0.717, 1.165) is 18.3 Å². The Labute approximate surface area is 105 Å². The van der Waals surface area contributed by atoms with Gasteiger partial charge in [0.15, 0.2) is 5.82 Å². The summed E-state index contributed by atoms with van der Waals surface area (Å²) in [7, 11) is 0. The third kappa shape index (κ3) is 2.70. The summed E-state index contributed by atoms with van der Waals surface area (Å²) in [5, 5.41) is 8.75. The minimum absolute atomic E-state index is 0.0831. The number of hydrogen-bond acceptors (Lipinski definition) is 3. The Morgan fingerprint density at radius 3 is 2.37 bits per heavy atom. The third-order valence-corrected chi connectivity index (χ3v) is 2.36. The van der Waals surface area contributed by atoms with Gasteiger partial charge in [-0.1, -0.05) is 0 Å². The number of hydrogen-bond donors (Lipinski definition) is 1. The van der Waals surface area contributed by atoms with E-state index < -0.39 is 29.5 Å². The van der Waals surface area contributed by atoms with Crippen LogP contribution in [-0.2, 0) is 0 Å². The van der Waals surface area contributed by atoms with Crippen LogP contribution in [0.4, 0.5) is 13.2 Å². The molecule has 2 rings (SSSR count). The van der Waals surface area contributed by atoms with Gasteiger partial charge in [0.25, 0.3) is 6.43 Å². The van der Waals surface area contributed by atoms with Crippen molar-refractivity contribution in [2.75, 3.05) is 0 Å². The minimum Gasteiger partial charge on any atom is -0.478 e. The van der Waals surface area contributed by atoms with Crippen LogP contribution < -0.4 is 0 Å². The molecule has 0 saturated carbocycles.